The monoisotopic (exact) mass is 179 g/mol. The van der Waals surface area contributed by atoms with Crippen molar-refractivity contribution in [3.8, 4) is 0 Å². The molecule has 0 amide bonds. The lowest BCUT2D eigenvalue weighted by Crippen LogP contribution is -2.21. The normalized spacial score (nSPS) is 23.3. The van der Waals surface area contributed by atoms with Gasteiger partial charge in [-0.2, -0.15) is 5.48 Å². The van der Waals surface area contributed by atoms with Gasteiger partial charge in [-0.25, -0.2) is 0 Å². The van der Waals surface area contributed by atoms with Crippen LogP contribution in [0.1, 0.15) is 19.8 Å². The zero-order valence-corrected chi connectivity index (χ0v) is 8.12. The van der Waals surface area contributed by atoms with Crippen LogP contribution in [0.3, 0.4) is 0 Å². The smallest absolute Gasteiger partial charge is 0.0701 e. The molecule has 1 aliphatic heterocycles. The SMILES string of the molecule is C=C(C/C=C\C=C/C)[C@@H]1CCON1. The van der Waals surface area contributed by atoms with E-state index in [2.05, 4.69) is 18.1 Å². The van der Waals surface area contributed by atoms with Gasteiger partial charge in [-0.05, 0) is 19.8 Å². The topological polar surface area (TPSA) is 21.3 Å². The van der Waals surface area contributed by atoms with Crippen molar-refractivity contribution in [2.24, 2.45) is 0 Å². The van der Waals surface area contributed by atoms with Crippen LogP contribution >= 0.6 is 0 Å². The van der Waals surface area contributed by atoms with Gasteiger partial charge in [-0.3, -0.25) is 0 Å². The van der Waals surface area contributed by atoms with Gasteiger partial charge < -0.3 is 4.84 Å². The molecule has 2 heteroatoms. The van der Waals surface area contributed by atoms with Gasteiger partial charge >= 0.3 is 0 Å². The molecule has 1 N–H and O–H groups in total. The van der Waals surface area contributed by atoms with E-state index in [1.807, 2.05) is 25.2 Å². The molecular formula is C11H17NO. The second-order valence-corrected chi connectivity index (χ2v) is 3.12. The van der Waals surface area contributed by atoms with E-state index >= 15 is 0 Å². The third kappa shape index (κ3) is 3.57. The van der Waals surface area contributed by atoms with Crippen LogP contribution in [0.5, 0.6) is 0 Å². The maximum atomic E-state index is 5.06. The van der Waals surface area contributed by atoms with Crippen molar-refractivity contribution in [3.63, 3.8) is 0 Å². The van der Waals surface area contributed by atoms with Crippen LogP contribution in [0, 0.1) is 0 Å². The zero-order chi connectivity index (χ0) is 9.52. The molecular weight excluding hydrogens is 162 g/mol. The summed E-state index contributed by atoms with van der Waals surface area (Å²) in [5, 5.41) is 0. The van der Waals surface area contributed by atoms with Gasteiger partial charge in [0.15, 0.2) is 0 Å². The fourth-order valence-corrected chi connectivity index (χ4v) is 1.23. The van der Waals surface area contributed by atoms with Crippen LogP contribution in [0.2, 0.25) is 0 Å². The van der Waals surface area contributed by atoms with E-state index in [-0.39, 0.29) is 0 Å². The number of hydrogen-bond acceptors (Lipinski definition) is 2. The molecule has 0 unspecified atom stereocenters. The lowest BCUT2D eigenvalue weighted by molar-refractivity contribution is 0.0928. The molecule has 1 saturated heterocycles. The van der Waals surface area contributed by atoms with Gasteiger partial charge in [-0.1, -0.05) is 36.5 Å². The molecule has 0 aromatic heterocycles. The van der Waals surface area contributed by atoms with E-state index in [0.29, 0.717) is 6.04 Å². The maximum absolute atomic E-state index is 5.06. The second kappa shape index (κ2) is 5.73. The molecule has 1 heterocycles. The predicted molar refractivity (Wildman–Crippen MR) is 55.2 cm³/mol. The van der Waals surface area contributed by atoms with Crippen LogP contribution in [-0.4, -0.2) is 12.6 Å². The first-order valence-corrected chi connectivity index (χ1v) is 4.67. The molecule has 72 valence electrons. The molecule has 0 radical (unpaired) electrons. The van der Waals surface area contributed by atoms with E-state index in [9.17, 15) is 0 Å². The average molecular weight is 179 g/mol. The summed E-state index contributed by atoms with van der Waals surface area (Å²) in [4.78, 5) is 5.06. The highest BCUT2D eigenvalue weighted by atomic mass is 16.7. The first kappa shape index (κ1) is 10.2. The van der Waals surface area contributed by atoms with E-state index in [1.54, 1.807) is 0 Å². The van der Waals surface area contributed by atoms with Gasteiger partial charge in [-0.15, -0.1) is 0 Å². The van der Waals surface area contributed by atoms with E-state index in [0.717, 1.165) is 19.4 Å². The highest BCUT2D eigenvalue weighted by Crippen LogP contribution is 2.13. The van der Waals surface area contributed by atoms with Crippen LogP contribution in [0.25, 0.3) is 0 Å². The Kier molecular flexibility index (Phi) is 4.50. The standard InChI is InChI=1S/C11H17NO/c1-3-4-5-6-7-10(2)11-8-9-13-12-11/h3-6,11-12H,2,7-9H2,1H3/b4-3-,6-5-/t11-/m0/s1. The van der Waals surface area contributed by atoms with Gasteiger partial charge in [0.25, 0.3) is 0 Å². The molecule has 0 spiro atoms. The van der Waals surface area contributed by atoms with Crippen molar-refractivity contribution < 1.29 is 4.84 Å². The molecule has 1 rings (SSSR count). The van der Waals surface area contributed by atoms with Gasteiger partial charge in [0.2, 0.25) is 0 Å². The Labute approximate surface area is 79.9 Å². The first-order chi connectivity index (χ1) is 6.34. The summed E-state index contributed by atoms with van der Waals surface area (Å²) in [5.74, 6) is 0. The number of rotatable bonds is 4. The Bertz CT molecular complexity index is 212. The quantitative estimate of drug-likeness (QED) is 0.528. The Hall–Kier alpha value is -0.860. The third-order valence-corrected chi connectivity index (χ3v) is 2.05. The summed E-state index contributed by atoms with van der Waals surface area (Å²) in [6.45, 7) is 6.82. The largest absolute Gasteiger partial charge is 0.301 e. The summed E-state index contributed by atoms with van der Waals surface area (Å²) >= 11 is 0. The molecule has 1 aliphatic rings. The van der Waals surface area contributed by atoms with Crippen molar-refractivity contribution in [2.75, 3.05) is 6.61 Å². The fraction of sp³-hybridized carbons (Fsp3) is 0.455. The number of nitrogens with one attached hydrogen (secondary N) is 1. The van der Waals surface area contributed by atoms with Crippen molar-refractivity contribution >= 4 is 0 Å². The van der Waals surface area contributed by atoms with Gasteiger partial charge in [0.1, 0.15) is 0 Å². The van der Waals surface area contributed by atoms with Crippen molar-refractivity contribution in [3.05, 3.63) is 36.5 Å². The molecule has 2 nitrogen and oxygen atoms in total. The molecule has 1 fully saturated rings. The Morgan fingerprint density at radius 3 is 3.08 bits per heavy atom. The molecule has 0 aromatic rings. The van der Waals surface area contributed by atoms with E-state index < -0.39 is 0 Å². The van der Waals surface area contributed by atoms with Crippen LogP contribution in [0.15, 0.2) is 36.5 Å². The van der Waals surface area contributed by atoms with E-state index in [4.69, 9.17) is 4.84 Å². The summed E-state index contributed by atoms with van der Waals surface area (Å²) in [6.07, 6.45) is 10.1. The fourth-order valence-electron chi connectivity index (χ4n) is 1.23. The number of hydroxylamine groups is 1. The van der Waals surface area contributed by atoms with Crippen molar-refractivity contribution in [1.29, 1.82) is 0 Å². The van der Waals surface area contributed by atoms with Crippen molar-refractivity contribution in [2.45, 2.75) is 25.8 Å². The molecule has 13 heavy (non-hydrogen) atoms. The summed E-state index contributed by atoms with van der Waals surface area (Å²) in [5.41, 5.74) is 4.14. The third-order valence-electron chi connectivity index (χ3n) is 2.05. The zero-order valence-electron chi connectivity index (χ0n) is 8.12. The molecule has 0 saturated carbocycles. The summed E-state index contributed by atoms with van der Waals surface area (Å²) < 4.78 is 0. The lowest BCUT2D eigenvalue weighted by Gasteiger charge is -2.09. The predicted octanol–water partition coefficient (Wildman–Crippen LogP) is 2.36. The van der Waals surface area contributed by atoms with Crippen LogP contribution in [-0.2, 0) is 4.84 Å². The lowest BCUT2D eigenvalue weighted by atomic mass is 10.0. The number of allylic oxidation sites excluding steroid dienone is 4. The van der Waals surface area contributed by atoms with Crippen LogP contribution in [0.4, 0.5) is 0 Å². The minimum atomic E-state index is 0.343. The minimum absolute atomic E-state index is 0.343. The minimum Gasteiger partial charge on any atom is -0.301 e. The maximum Gasteiger partial charge on any atom is 0.0701 e. The number of hydrogen-bond donors (Lipinski definition) is 1. The Morgan fingerprint density at radius 2 is 2.46 bits per heavy atom. The molecule has 1 atom stereocenters. The molecule has 0 aromatic carbocycles. The Balaban J connectivity index is 2.24. The van der Waals surface area contributed by atoms with E-state index in [1.165, 1.54) is 5.57 Å². The molecule has 0 aliphatic carbocycles. The average Bonchev–Trinajstić information content (AvgIpc) is 2.65. The Morgan fingerprint density at radius 1 is 1.62 bits per heavy atom. The second-order valence-electron chi connectivity index (χ2n) is 3.12. The van der Waals surface area contributed by atoms with Crippen LogP contribution < -0.4 is 5.48 Å². The highest BCUT2D eigenvalue weighted by molar-refractivity contribution is 5.13. The highest BCUT2D eigenvalue weighted by Gasteiger charge is 2.16. The van der Waals surface area contributed by atoms with Crippen molar-refractivity contribution in [1.82, 2.24) is 5.48 Å². The van der Waals surface area contributed by atoms with Gasteiger partial charge in [0.05, 0.1) is 12.6 Å². The summed E-state index contributed by atoms with van der Waals surface area (Å²) in [6, 6.07) is 0.343. The first-order valence-electron chi connectivity index (χ1n) is 4.67. The summed E-state index contributed by atoms with van der Waals surface area (Å²) in [7, 11) is 0. The van der Waals surface area contributed by atoms with Gasteiger partial charge in [0, 0.05) is 0 Å². The molecule has 0 bridgehead atoms.